The summed E-state index contributed by atoms with van der Waals surface area (Å²) in [5.41, 5.74) is 0.600. The summed E-state index contributed by atoms with van der Waals surface area (Å²) in [6, 6.07) is 9.15. The third kappa shape index (κ3) is 4.19. The number of carbonyl (C=O) groups excluding carboxylic acids is 1. The third-order valence-electron chi connectivity index (χ3n) is 5.19. The van der Waals surface area contributed by atoms with E-state index in [9.17, 15) is 4.79 Å². The Balaban J connectivity index is 1.44. The number of carbonyl (C=O) groups is 1. The normalized spacial score (nSPS) is 16.2. The number of imidazole rings is 1. The van der Waals surface area contributed by atoms with Crippen molar-refractivity contribution < 1.29 is 14.3 Å². The number of benzene rings is 1. The van der Waals surface area contributed by atoms with Crippen molar-refractivity contribution in [3.63, 3.8) is 0 Å². The molecule has 1 aromatic carbocycles. The molecule has 0 saturated carbocycles. The molecule has 156 valence electrons. The van der Waals surface area contributed by atoms with Gasteiger partial charge in [0.05, 0.1) is 25.8 Å². The van der Waals surface area contributed by atoms with E-state index >= 15 is 0 Å². The van der Waals surface area contributed by atoms with Crippen LogP contribution in [0.25, 0.3) is 5.82 Å². The fraction of sp³-hybridized carbons (Fsp3) is 0.333. The van der Waals surface area contributed by atoms with Crippen LogP contribution in [0.3, 0.4) is 0 Å². The van der Waals surface area contributed by atoms with E-state index in [1.54, 1.807) is 49.5 Å². The summed E-state index contributed by atoms with van der Waals surface area (Å²) in [6.07, 6.45) is 6.91. The van der Waals surface area contributed by atoms with Crippen LogP contribution in [0.1, 0.15) is 12.8 Å². The van der Waals surface area contributed by atoms with Gasteiger partial charge in [0.1, 0.15) is 17.8 Å². The zero-order valence-corrected chi connectivity index (χ0v) is 17.0. The highest BCUT2D eigenvalue weighted by molar-refractivity contribution is 5.94. The molecule has 9 nitrogen and oxygen atoms in total. The first-order valence-corrected chi connectivity index (χ1v) is 9.78. The molecule has 1 N–H and O–H groups in total. The first-order chi connectivity index (χ1) is 14.7. The molecule has 1 amide bonds. The minimum Gasteiger partial charge on any atom is -0.497 e. The fourth-order valence-corrected chi connectivity index (χ4v) is 3.56. The number of methoxy groups -OCH3 is 2. The van der Waals surface area contributed by atoms with Gasteiger partial charge < -0.3 is 19.7 Å². The van der Waals surface area contributed by atoms with Gasteiger partial charge in [-0.05, 0) is 37.1 Å². The second kappa shape index (κ2) is 8.81. The monoisotopic (exact) mass is 408 g/mol. The zero-order chi connectivity index (χ0) is 20.9. The third-order valence-corrected chi connectivity index (χ3v) is 5.19. The minimum absolute atomic E-state index is 0.0470. The maximum atomic E-state index is 12.9. The Bertz CT molecular complexity index is 990. The van der Waals surface area contributed by atoms with E-state index in [0.717, 1.165) is 25.2 Å². The molecule has 3 heterocycles. The number of ether oxygens (including phenoxy) is 2. The van der Waals surface area contributed by atoms with Gasteiger partial charge in [-0.2, -0.15) is 0 Å². The maximum absolute atomic E-state index is 12.9. The standard InChI is InChI=1S/C21H24N6O3/c1-29-16-5-6-18(30-2)17(12-16)23-21(28)15-4-3-10-26(13-15)19-7-8-20(25-24-19)27-11-9-22-14-27/h5-9,11-12,14-15H,3-4,10,13H2,1-2H3,(H,23,28). The van der Waals surface area contributed by atoms with Crippen LogP contribution in [0.5, 0.6) is 11.5 Å². The molecule has 1 aliphatic rings. The molecule has 2 aromatic heterocycles. The average molecular weight is 408 g/mol. The molecule has 0 aliphatic carbocycles. The van der Waals surface area contributed by atoms with E-state index in [4.69, 9.17) is 9.47 Å². The summed E-state index contributed by atoms with van der Waals surface area (Å²) in [6.45, 7) is 1.42. The van der Waals surface area contributed by atoms with E-state index in [0.29, 0.717) is 29.5 Å². The highest BCUT2D eigenvalue weighted by atomic mass is 16.5. The second-order valence-electron chi connectivity index (χ2n) is 7.06. The van der Waals surface area contributed by atoms with Crippen LogP contribution in [0.15, 0.2) is 49.1 Å². The summed E-state index contributed by atoms with van der Waals surface area (Å²) in [5.74, 6) is 2.50. The minimum atomic E-state index is -0.162. The van der Waals surface area contributed by atoms with Gasteiger partial charge in [-0.15, -0.1) is 10.2 Å². The van der Waals surface area contributed by atoms with Crippen LogP contribution in [0.2, 0.25) is 0 Å². The Hall–Kier alpha value is -3.62. The van der Waals surface area contributed by atoms with Crippen LogP contribution in [0, 0.1) is 5.92 Å². The van der Waals surface area contributed by atoms with Crippen molar-refractivity contribution in [2.24, 2.45) is 5.92 Å². The summed E-state index contributed by atoms with van der Waals surface area (Å²) in [7, 11) is 3.16. The van der Waals surface area contributed by atoms with Gasteiger partial charge in [-0.1, -0.05) is 0 Å². The van der Waals surface area contributed by atoms with Crippen LogP contribution < -0.4 is 19.7 Å². The van der Waals surface area contributed by atoms with Gasteiger partial charge in [0.25, 0.3) is 0 Å². The number of nitrogens with one attached hydrogen (secondary N) is 1. The van der Waals surface area contributed by atoms with Gasteiger partial charge >= 0.3 is 0 Å². The molecular weight excluding hydrogens is 384 g/mol. The fourth-order valence-electron chi connectivity index (χ4n) is 3.56. The van der Waals surface area contributed by atoms with Crippen LogP contribution in [-0.2, 0) is 4.79 Å². The number of hydrogen-bond acceptors (Lipinski definition) is 7. The number of anilines is 2. The SMILES string of the molecule is COc1ccc(OC)c(NC(=O)C2CCCN(c3ccc(-n4ccnc4)nn3)C2)c1. The number of rotatable bonds is 6. The molecule has 1 saturated heterocycles. The first kappa shape index (κ1) is 19.7. The first-order valence-electron chi connectivity index (χ1n) is 9.78. The van der Waals surface area contributed by atoms with E-state index < -0.39 is 0 Å². The van der Waals surface area contributed by atoms with E-state index in [2.05, 4.69) is 25.4 Å². The molecule has 1 fully saturated rings. The maximum Gasteiger partial charge on any atom is 0.229 e. The Morgan fingerprint density at radius 1 is 1.13 bits per heavy atom. The van der Waals surface area contributed by atoms with Crippen molar-refractivity contribution in [3.05, 3.63) is 49.1 Å². The predicted molar refractivity (Wildman–Crippen MR) is 112 cm³/mol. The van der Waals surface area contributed by atoms with E-state index in [1.165, 1.54) is 0 Å². The molecule has 4 rings (SSSR count). The largest absolute Gasteiger partial charge is 0.497 e. The van der Waals surface area contributed by atoms with Crippen LogP contribution >= 0.6 is 0 Å². The van der Waals surface area contributed by atoms with Crippen molar-refractivity contribution in [1.82, 2.24) is 19.7 Å². The second-order valence-corrected chi connectivity index (χ2v) is 7.06. The molecule has 1 unspecified atom stereocenters. The van der Waals surface area contributed by atoms with Gasteiger partial charge in [-0.25, -0.2) is 4.98 Å². The lowest BCUT2D eigenvalue weighted by molar-refractivity contribution is -0.120. The van der Waals surface area contributed by atoms with Crippen molar-refractivity contribution in [2.75, 3.05) is 37.5 Å². The number of amides is 1. The average Bonchev–Trinajstić information content (AvgIpc) is 3.34. The molecule has 0 radical (unpaired) electrons. The molecule has 3 aromatic rings. The van der Waals surface area contributed by atoms with Crippen LogP contribution in [0.4, 0.5) is 11.5 Å². The summed E-state index contributed by atoms with van der Waals surface area (Å²) in [4.78, 5) is 19.1. The van der Waals surface area contributed by atoms with E-state index in [1.807, 2.05) is 18.3 Å². The van der Waals surface area contributed by atoms with Gasteiger partial charge in [0.2, 0.25) is 5.91 Å². The quantitative estimate of drug-likeness (QED) is 0.670. The number of nitrogens with zero attached hydrogens (tertiary/aromatic N) is 5. The van der Waals surface area contributed by atoms with Gasteiger partial charge in [-0.3, -0.25) is 9.36 Å². The summed E-state index contributed by atoms with van der Waals surface area (Å²) >= 11 is 0. The summed E-state index contributed by atoms with van der Waals surface area (Å²) in [5, 5.41) is 11.6. The molecule has 1 aliphatic heterocycles. The lowest BCUT2D eigenvalue weighted by Crippen LogP contribution is -2.41. The molecule has 9 heteroatoms. The Morgan fingerprint density at radius 2 is 1.97 bits per heavy atom. The highest BCUT2D eigenvalue weighted by Crippen LogP contribution is 2.30. The van der Waals surface area contributed by atoms with Crippen molar-refractivity contribution >= 4 is 17.4 Å². The van der Waals surface area contributed by atoms with Crippen molar-refractivity contribution in [2.45, 2.75) is 12.8 Å². The lowest BCUT2D eigenvalue weighted by Gasteiger charge is -2.32. The topological polar surface area (TPSA) is 94.4 Å². The molecule has 30 heavy (non-hydrogen) atoms. The van der Waals surface area contributed by atoms with Gasteiger partial charge in [0, 0.05) is 31.5 Å². The van der Waals surface area contributed by atoms with Crippen molar-refractivity contribution in [1.29, 1.82) is 0 Å². The molecular formula is C21H24N6O3. The number of aromatic nitrogens is 4. The number of piperidine rings is 1. The smallest absolute Gasteiger partial charge is 0.229 e. The summed E-state index contributed by atoms with van der Waals surface area (Å²) < 4.78 is 12.4. The molecule has 1 atom stereocenters. The number of hydrogen-bond donors (Lipinski definition) is 1. The van der Waals surface area contributed by atoms with E-state index in [-0.39, 0.29) is 11.8 Å². The van der Waals surface area contributed by atoms with Crippen molar-refractivity contribution in [3.8, 4) is 17.3 Å². The Kier molecular flexibility index (Phi) is 5.78. The molecule has 0 bridgehead atoms. The zero-order valence-electron chi connectivity index (χ0n) is 17.0. The Morgan fingerprint density at radius 3 is 2.67 bits per heavy atom. The van der Waals surface area contributed by atoms with Crippen LogP contribution in [-0.4, -0.2) is 53.0 Å². The highest BCUT2D eigenvalue weighted by Gasteiger charge is 2.27. The molecule has 0 spiro atoms. The predicted octanol–water partition coefficient (Wildman–Crippen LogP) is 2.53. The Labute approximate surface area is 174 Å². The lowest BCUT2D eigenvalue weighted by atomic mass is 9.97. The van der Waals surface area contributed by atoms with Gasteiger partial charge in [0.15, 0.2) is 11.6 Å².